The summed E-state index contributed by atoms with van der Waals surface area (Å²) in [5.74, 6) is 0.00854. The highest BCUT2D eigenvalue weighted by atomic mass is 16.5. The molecule has 0 radical (unpaired) electrons. The van der Waals surface area contributed by atoms with Crippen LogP contribution in [0.2, 0.25) is 0 Å². The highest BCUT2D eigenvalue weighted by Crippen LogP contribution is 2.26. The summed E-state index contributed by atoms with van der Waals surface area (Å²) in [5, 5.41) is 7.64. The number of fused-ring (bicyclic) bond motifs is 1. The maximum absolute atomic E-state index is 12.6. The summed E-state index contributed by atoms with van der Waals surface area (Å²) >= 11 is 0. The summed E-state index contributed by atoms with van der Waals surface area (Å²) in [4.78, 5) is 24.5. The average molecular weight is 342 g/mol. The quantitative estimate of drug-likeness (QED) is 0.811. The molecule has 0 bridgehead atoms. The first-order valence-corrected chi connectivity index (χ1v) is 8.66. The predicted molar refractivity (Wildman–Crippen MR) is 99.9 cm³/mol. The van der Waals surface area contributed by atoms with Gasteiger partial charge in [0.2, 0.25) is 0 Å². The Bertz CT molecular complexity index is 756. The van der Waals surface area contributed by atoms with Crippen molar-refractivity contribution in [3.05, 3.63) is 42.0 Å². The smallest absolute Gasteiger partial charge is 0.258 e. The van der Waals surface area contributed by atoms with Crippen molar-refractivity contribution in [1.82, 2.24) is 10.6 Å². The van der Waals surface area contributed by atoms with Crippen LogP contribution in [0.25, 0.3) is 10.8 Å². The van der Waals surface area contributed by atoms with Gasteiger partial charge in [-0.1, -0.05) is 31.2 Å². The minimum Gasteiger partial charge on any atom is -0.483 e. The Hall–Kier alpha value is -2.56. The molecule has 134 valence electrons. The van der Waals surface area contributed by atoms with E-state index in [0.29, 0.717) is 11.3 Å². The fraction of sp³-hybridized carbons (Fsp3) is 0.400. The molecule has 5 heteroatoms. The van der Waals surface area contributed by atoms with Crippen LogP contribution in [0.15, 0.2) is 36.4 Å². The number of rotatable bonds is 7. The molecule has 2 amide bonds. The van der Waals surface area contributed by atoms with E-state index in [-0.39, 0.29) is 30.5 Å². The molecule has 2 aromatic carbocycles. The lowest BCUT2D eigenvalue weighted by Gasteiger charge is -2.16. The second kappa shape index (κ2) is 8.51. The van der Waals surface area contributed by atoms with E-state index >= 15 is 0 Å². The number of carbonyl (C=O) groups excluding carboxylic acids is 2. The third kappa shape index (κ3) is 5.21. The maximum Gasteiger partial charge on any atom is 0.258 e. The first kappa shape index (κ1) is 18.8. The Kier molecular flexibility index (Phi) is 6.39. The van der Waals surface area contributed by atoms with Crippen LogP contribution in [-0.4, -0.2) is 30.5 Å². The van der Waals surface area contributed by atoms with E-state index in [9.17, 15) is 9.59 Å². The van der Waals surface area contributed by atoms with Gasteiger partial charge in [-0.2, -0.15) is 0 Å². The van der Waals surface area contributed by atoms with Crippen LogP contribution in [-0.2, 0) is 4.79 Å². The number of benzene rings is 2. The molecule has 25 heavy (non-hydrogen) atoms. The molecule has 0 saturated carbocycles. The van der Waals surface area contributed by atoms with Crippen LogP contribution in [0.1, 0.15) is 44.5 Å². The second-order valence-electron chi connectivity index (χ2n) is 6.49. The molecule has 0 aliphatic rings. The highest BCUT2D eigenvalue weighted by Gasteiger charge is 2.17. The summed E-state index contributed by atoms with van der Waals surface area (Å²) in [6.07, 6.45) is 0.840. The van der Waals surface area contributed by atoms with Crippen LogP contribution in [0.5, 0.6) is 5.75 Å². The normalized spacial score (nSPS) is 12.0. The number of ether oxygens (including phenoxy) is 1. The van der Waals surface area contributed by atoms with Crippen LogP contribution in [0.4, 0.5) is 0 Å². The molecule has 2 N–H and O–H groups in total. The number of amides is 2. The van der Waals surface area contributed by atoms with Crippen molar-refractivity contribution in [3.63, 3.8) is 0 Å². The Morgan fingerprint density at radius 1 is 1.04 bits per heavy atom. The minimum atomic E-state index is -0.212. The number of carbonyl (C=O) groups is 2. The van der Waals surface area contributed by atoms with Crippen molar-refractivity contribution < 1.29 is 14.3 Å². The SMILES string of the molecule is CCC(C)NC(=O)c1cc2ccccc2cc1OCC(=O)NC(C)C. The Balaban J connectivity index is 2.29. The van der Waals surface area contributed by atoms with Crippen molar-refractivity contribution in [2.24, 2.45) is 0 Å². The van der Waals surface area contributed by atoms with E-state index in [1.165, 1.54) is 0 Å². The first-order chi connectivity index (χ1) is 11.9. The summed E-state index contributed by atoms with van der Waals surface area (Å²) < 4.78 is 5.67. The van der Waals surface area contributed by atoms with Gasteiger partial charge in [0.15, 0.2) is 6.61 Å². The van der Waals surface area contributed by atoms with Gasteiger partial charge in [-0.3, -0.25) is 9.59 Å². The molecule has 0 heterocycles. The molecular formula is C20H26N2O3. The Labute approximate surface area is 148 Å². The van der Waals surface area contributed by atoms with Crippen molar-refractivity contribution in [2.45, 2.75) is 46.2 Å². The number of hydrogen-bond acceptors (Lipinski definition) is 3. The summed E-state index contributed by atoms with van der Waals surface area (Å²) in [7, 11) is 0. The van der Waals surface area contributed by atoms with Gasteiger partial charge in [0.25, 0.3) is 11.8 Å². The highest BCUT2D eigenvalue weighted by molar-refractivity contribution is 6.01. The van der Waals surface area contributed by atoms with Gasteiger partial charge in [-0.15, -0.1) is 0 Å². The summed E-state index contributed by atoms with van der Waals surface area (Å²) in [6.45, 7) is 7.62. The summed E-state index contributed by atoms with van der Waals surface area (Å²) in [5.41, 5.74) is 0.441. The fourth-order valence-corrected chi connectivity index (χ4v) is 2.43. The third-order valence-electron chi connectivity index (χ3n) is 3.89. The Morgan fingerprint density at radius 3 is 2.28 bits per heavy atom. The van der Waals surface area contributed by atoms with Gasteiger partial charge in [0.05, 0.1) is 5.56 Å². The van der Waals surface area contributed by atoms with E-state index in [4.69, 9.17) is 4.74 Å². The zero-order chi connectivity index (χ0) is 18.4. The zero-order valence-corrected chi connectivity index (χ0v) is 15.3. The van der Waals surface area contributed by atoms with Gasteiger partial charge >= 0.3 is 0 Å². The fourth-order valence-electron chi connectivity index (χ4n) is 2.43. The van der Waals surface area contributed by atoms with Crippen molar-refractivity contribution in [2.75, 3.05) is 6.61 Å². The van der Waals surface area contributed by atoms with Gasteiger partial charge in [-0.25, -0.2) is 0 Å². The van der Waals surface area contributed by atoms with Crippen molar-refractivity contribution >= 4 is 22.6 Å². The third-order valence-corrected chi connectivity index (χ3v) is 3.89. The molecular weight excluding hydrogens is 316 g/mol. The van der Waals surface area contributed by atoms with E-state index in [0.717, 1.165) is 17.2 Å². The molecule has 0 fully saturated rings. The van der Waals surface area contributed by atoms with Gasteiger partial charge in [0, 0.05) is 12.1 Å². The molecule has 0 aromatic heterocycles. The predicted octanol–water partition coefficient (Wildman–Crippen LogP) is 3.27. The summed E-state index contributed by atoms with van der Waals surface area (Å²) in [6, 6.07) is 11.5. The molecule has 1 unspecified atom stereocenters. The van der Waals surface area contributed by atoms with Crippen LogP contribution >= 0.6 is 0 Å². The Morgan fingerprint density at radius 2 is 1.68 bits per heavy atom. The zero-order valence-electron chi connectivity index (χ0n) is 15.3. The van der Waals surface area contributed by atoms with Crippen LogP contribution in [0, 0.1) is 0 Å². The van der Waals surface area contributed by atoms with E-state index in [2.05, 4.69) is 10.6 Å². The lowest BCUT2D eigenvalue weighted by atomic mass is 10.0. The van der Waals surface area contributed by atoms with Gasteiger partial charge in [-0.05, 0) is 50.1 Å². The van der Waals surface area contributed by atoms with Crippen LogP contribution in [0.3, 0.4) is 0 Å². The first-order valence-electron chi connectivity index (χ1n) is 8.66. The van der Waals surface area contributed by atoms with E-state index < -0.39 is 0 Å². The standard InChI is InChI=1S/C20H26N2O3/c1-5-14(4)22-20(24)17-10-15-8-6-7-9-16(15)11-18(17)25-12-19(23)21-13(2)3/h6-11,13-14H,5,12H2,1-4H3,(H,21,23)(H,22,24). The van der Waals surface area contributed by atoms with Gasteiger partial charge < -0.3 is 15.4 Å². The lowest BCUT2D eigenvalue weighted by Crippen LogP contribution is -2.35. The minimum absolute atomic E-state index is 0.0425. The van der Waals surface area contributed by atoms with E-state index in [1.54, 1.807) is 0 Å². The topological polar surface area (TPSA) is 67.4 Å². The van der Waals surface area contributed by atoms with Crippen molar-refractivity contribution in [1.29, 1.82) is 0 Å². The monoisotopic (exact) mass is 342 g/mol. The molecule has 0 saturated heterocycles. The van der Waals surface area contributed by atoms with E-state index in [1.807, 2.05) is 64.1 Å². The van der Waals surface area contributed by atoms with Crippen LogP contribution < -0.4 is 15.4 Å². The molecule has 5 nitrogen and oxygen atoms in total. The largest absolute Gasteiger partial charge is 0.483 e. The lowest BCUT2D eigenvalue weighted by molar-refractivity contribution is -0.123. The van der Waals surface area contributed by atoms with Crippen molar-refractivity contribution in [3.8, 4) is 5.75 Å². The molecule has 0 aliphatic heterocycles. The molecule has 1 atom stereocenters. The molecule has 2 aromatic rings. The number of hydrogen-bond donors (Lipinski definition) is 2. The maximum atomic E-state index is 12.6. The van der Waals surface area contributed by atoms with Gasteiger partial charge in [0.1, 0.15) is 5.75 Å². The molecule has 0 aliphatic carbocycles. The number of nitrogens with one attached hydrogen (secondary N) is 2. The molecule has 2 rings (SSSR count). The second-order valence-corrected chi connectivity index (χ2v) is 6.49. The molecule has 0 spiro atoms. The average Bonchev–Trinajstić information content (AvgIpc) is 2.58.